The first kappa shape index (κ1) is 20.5. The number of rotatable bonds is 4. The van der Waals surface area contributed by atoms with Crippen LogP contribution in [0.25, 0.3) is 0 Å². The highest BCUT2D eigenvalue weighted by atomic mass is 19.1. The van der Waals surface area contributed by atoms with Gasteiger partial charge in [-0.2, -0.15) is 0 Å². The minimum Gasteiger partial charge on any atom is -0.371 e. The molecule has 3 saturated heterocycles. The van der Waals surface area contributed by atoms with Crippen LogP contribution in [0, 0.1) is 11.2 Å². The largest absolute Gasteiger partial charge is 0.371 e. The van der Waals surface area contributed by atoms with E-state index >= 15 is 4.39 Å². The van der Waals surface area contributed by atoms with Gasteiger partial charge in [-0.15, -0.1) is 0 Å². The Morgan fingerprint density at radius 1 is 0.839 bits per heavy atom. The van der Waals surface area contributed by atoms with Gasteiger partial charge in [0.2, 0.25) is 5.91 Å². The zero-order valence-electron chi connectivity index (χ0n) is 18.2. The van der Waals surface area contributed by atoms with Crippen LogP contribution in [0.4, 0.5) is 15.8 Å². The molecule has 1 amide bonds. The quantitative estimate of drug-likeness (QED) is 0.707. The molecule has 2 aromatic rings. The molecule has 3 aliphatic rings. The van der Waals surface area contributed by atoms with Gasteiger partial charge in [0, 0.05) is 31.9 Å². The Bertz CT molecular complexity index is 918. The van der Waals surface area contributed by atoms with Crippen molar-refractivity contribution in [1.29, 1.82) is 0 Å². The fourth-order valence-corrected chi connectivity index (χ4v) is 5.63. The fraction of sp³-hybridized carbons (Fsp3) is 0.500. The van der Waals surface area contributed by atoms with E-state index in [1.807, 2.05) is 18.2 Å². The third kappa shape index (κ3) is 4.08. The Balaban J connectivity index is 1.28. The second kappa shape index (κ2) is 8.62. The number of nitrogens with zero attached hydrogens (tertiary/aromatic N) is 3. The highest BCUT2D eigenvalue weighted by molar-refractivity contribution is 5.98. The predicted octanol–water partition coefficient (Wildman–Crippen LogP) is 4.84. The van der Waals surface area contributed by atoms with Crippen LogP contribution in [0.3, 0.4) is 0 Å². The Hall–Kier alpha value is -2.40. The van der Waals surface area contributed by atoms with Gasteiger partial charge in [-0.3, -0.25) is 9.69 Å². The van der Waals surface area contributed by atoms with Gasteiger partial charge in [0.25, 0.3) is 0 Å². The van der Waals surface area contributed by atoms with E-state index in [9.17, 15) is 4.79 Å². The fourth-order valence-electron chi connectivity index (χ4n) is 5.63. The van der Waals surface area contributed by atoms with Gasteiger partial charge < -0.3 is 9.80 Å². The highest BCUT2D eigenvalue weighted by Gasteiger charge is 2.46. The lowest BCUT2D eigenvalue weighted by atomic mass is 9.71. The second-order valence-electron chi connectivity index (χ2n) is 9.43. The Labute approximate surface area is 184 Å². The Morgan fingerprint density at radius 3 is 2.29 bits per heavy atom. The smallest absolute Gasteiger partial charge is 0.233 e. The normalized spacial score (nSPS) is 21.8. The van der Waals surface area contributed by atoms with E-state index in [1.165, 1.54) is 5.56 Å². The van der Waals surface area contributed by atoms with Crippen LogP contribution >= 0.6 is 0 Å². The molecule has 164 valence electrons. The van der Waals surface area contributed by atoms with Crippen molar-refractivity contribution in [1.82, 2.24) is 4.90 Å². The zero-order chi connectivity index (χ0) is 21.3. The van der Waals surface area contributed by atoms with E-state index in [4.69, 9.17) is 0 Å². The first-order chi connectivity index (χ1) is 15.1. The molecule has 0 N–H and O–H groups in total. The number of amides is 1. The zero-order valence-corrected chi connectivity index (χ0v) is 18.2. The van der Waals surface area contributed by atoms with Gasteiger partial charge in [0.15, 0.2) is 0 Å². The van der Waals surface area contributed by atoms with E-state index in [1.54, 1.807) is 11.0 Å². The lowest BCUT2D eigenvalue weighted by Crippen LogP contribution is -2.53. The number of hydrogen-bond acceptors (Lipinski definition) is 3. The standard InChI is InChI=1S/C26H32FN3O/c27-23-19-22(29-14-4-5-15-29)9-10-24(23)30-16-6-11-26(25(30)31)12-17-28(18-13-26)20-21-7-2-1-3-8-21/h1-3,7-10,19H,4-6,11-18,20H2. The third-order valence-corrected chi connectivity index (χ3v) is 7.49. The molecule has 0 bridgehead atoms. The summed E-state index contributed by atoms with van der Waals surface area (Å²) < 4.78 is 15.1. The minimum atomic E-state index is -0.328. The second-order valence-corrected chi connectivity index (χ2v) is 9.43. The summed E-state index contributed by atoms with van der Waals surface area (Å²) in [5.41, 5.74) is 2.38. The van der Waals surface area contributed by atoms with Crippen LogP contribution in [-0.4, -0.2) is 43.5 Å². The van der Waals surface area contributed by atoms with Gasteiger partial charge in [0.05, 0.1) is 11.1 Å². The van der Waals surface area contributed by atoms with Crippen molar-refractivity contribution in [2.24, 2.45) is 5.41 Å². The average molecular weight is 422 g/mol. The van der Waals surface area contributed by atoms with E-state index in [0.717, 1.165) is 76.9 Å². The maximum atomic E-state index is 15.1. The molecular formula is C26H32FN3O. The molecule has 0 unspecified atom stereocenters. The van der Waals surface area contributed by atoms with E-state index in [-0.39, 0.29) is 17.1 Å². The summed E-state index contributed by atoms with van der Waals surface area (Å²) in [6.45, 7) is 5.37. The van der Waals surface area contributed by atoms with Crippen LogP contribution in [0.5, 0.6) is 0 Å². The summed E-state index contributed by atoms with van der Waals surface area (Å²) in [6.07, 6.45) is 5.92. The number of anilines is 2. The molecule has 0 radical (unpaired) electrons. The molecule has 4 nitrogen and oxygen atoms in total. The van der Waals surface area contributed by atoms with Crippen molar-refractivity contribution in [3.05, 3.63) is 59.9 Å². The summed E-state index contributed by atoms with van der Waals surface area (Å²) in [5, 5.41) is 0. The summed E-state index contributed by atoms with van der Waals surface area (Å²) in [7, 11) is 0. The number of piperidine rings is 2. The number of hydrogen-bond donors (Lipinski definition) is 0. The molecular weight excluding hydrogens is 389 g/mol. The number of carbonyl (C=O) groups is 1. The maximum absolute atomic E-state index is 15.1. The third-order valence-electron chi connectivity index (χ3n) is 7.49. The van der Waals surface area contributed by atoms with Crippen molar-refractivity contribution >= 4 is 17.3 Å². The van der Waals surface area contributed by atoms with Crippen LogP contribution in [0.15, 0.2) is 48.5 Å². The molecule has 2 aromatic carbocycles. The molecule has 1 spiro atoms. The summed E-state index contributed by atoms with van der Waals surface area (Å²) in [6, 6.07) is 15.9. The summed E-state index contributed by atoms with van der Waals surface area (Å²) >= 11 is 0. The minimum absolute atomic E-state index is 0.130. The molecule has 0 aliphatic carbocycles. The SMILES string of the molecule is O=C1N(c2ccc(N3CCCC3)cc2F)CCCC12CCN(Cc1ccccc1)CC2. The molecule has 0 aromatic heterocycles. The molecule has 31 heavy (non-hydrogen) atoms. The van der Waals surface area contributed by atoms with Gasteiger partial charge >= 0.3 is 0 Å². The van der Waals surface area contributed by atoms with Crippen molar-refractivity contribution in [3.8, 4) is 0 Å². The lowest BCUT2D eigenvalue weighted by Gasteiger charge is -2.46. The van der Waals surface area contributed by atoms with Crippen molar-refractivity contribution in [2.45, 2.75) is 45.1 Å². The van der Waals surface area contributed by atoms with Crippen LogP contribution in [0.2, 0.25) is 0 Å². The first-order valence-corrected chi connectivity index (χ1v) is 11.8. The lowest BCUT2D eigenvalue weighted by molar-refractivity contribution is -0.133. The van der Waals surface area contributed by atoms with E-state index in [2.05, 4.69) is 34.1 Å². The van der Waals surface area contributed by atoms with Gasteiger partial charge in [-0.1, -0.05) is 30.3 Å². The maximum Gasteiger partial charge on any atom is 0.233 e. The average Bonchev–Trinajstić information content (AvgIpc) is 3.33. The summed E-state index contributed by atoms with van der Waals surface area (Å²) in [5.74, 6) is -0.137. The van der Waals surface area contributed by atoms with Gasteiger partial charge in [-0.05, 0) is 75.4 Å². The molecule has 5 heteroatoms. The molecule has 5 rings (SSSR count). The molecule has 0 atom stereocenters. The van der Waals surface area contributed by atoms with Crippen LogP contribution in [0.1, 0.15) is 44.1 Å². The predicted molar refractivity (Wildman–Crippen MR) is 123 cm³/mol. The molecule has 3 aliphatic heterocycles. The van der Waals surface area contributed by atoms with E-state index in [0.29, 0.717) is 12.2 Å². The number of halogens is 1. The highest BCUT2D eigenvalue weighted by Crippen LogP contribution is 2.43. The van der Waals surface area contributed by atoms with Crippen LogP contribution < -0.4 is 9.80 Å². The number of likely N-dealkylation sites (tertiary alicyclic amines) is 1. The summed E-state index contributed by atoms with van der Waals surface area (Å²) in [4.78, 5) is 20.0. The topological polar surface area (TPSA) is 26.8 Å². The number of benzene rings is 2. The van der Waals surface area contributed by atoms with E-state index < -0.39 is 0 Å². The first-order valence-electron chi connectivity index (χ1n) is 11.8. The molecule has 0 saturated carbocycles. The Kier molecular flexibility index (Phi) is 5.70. The van der Waals surface area contributed by atoms with Crippen molar-refractivity contribution in [2.75, 3.05) is 42.5 Å². The van der Waals surface area contributed by atoms with Gasteiger partial charge in [-0.25, -0.2) is 4.39 Å². The monoisotopic (exact) mass is 421 g/mol. The van der Waals surface area contributed by atoms with Crippen molar-refractivity contribution in [3.63, 3.8) is 0 Å². The molecule has 3 fully saturated rings. The van der Waals surface area contributed by atoms with Crippen LogP contribution in [-0.2, 0) is 11.3 Å². The Morgan fingerprint density at radius 2 is 1.58 bits per heavy atom. The van der Waals surface area contributed by atoms with Crippen molar-refractivity contribution < 1.29 is 9.18 Å². The van der Waals surface area contributed by atoms with Gasteiger partial charge in [0.1, 0.15) is 5.82 Å². The molecule has 3 heterocycles. The number of carbonyl (C=O) groups excluding carboxylic acids is 1.